The summed E-state index contributed by atoms with van der Waals surface area (Å²) in [5.74, 6) is 0.300. The van der Waals surface area contributed by atoms with Gasteiger partial charge in [-0.3, -0.25) is 4.79 Å². The Bertz CT molecular complexity index is 216. The fourth-order valence-electron chi connectivity index (χ4n) is 2.40. The Morgan fingerprint density at radius 3 is 2.60 bits per heavy atom. The van der Waals surface area contributed by atoms with Gasteiger partial charge in [0, 0.05) is 18.5 Å². The number of hydrogen-bond donors (Lipinski definition) is 0. The van der Waals surface area contributed by atoms with Gasteiger partial charge < -0.3 is 9.80 Å². The molecule has 0 aromatic carbocycles. The molecule has 3 nitrogen and oxygen atoms in total. The maximum absolute atomic E-state index is 11.2. The number of ketones is 1. The highest BCUT2D eigenvalue weighted by Gasteiger charge is 2.25. The summed E-state index contributed by atoms with van der Waals surface area (Å²) in [6.45, 7) is 2.90. The van der Waals surface area contributed by atoms with Gasteiger partial charge in [-0.1, -0.05) is 0 Å². The molecule has 1 aliphatic rings. The van der Waals surface area contributed by atoms with E-state index >= 15 is 0 Å². The number of rotatable bonds is 5. The second-order valence-electron chi connectivity index (χ2n) is 5.04. The van der Waals surface area contributed by atoms with Crippen LogP contribution in [0.4, 0.5) is 0 Å². The van der Waals surface area contributed by atoms with E-state index in [0.29, 0.717) is 24.3 Å². The highest BCUT2D eigenvalue weighted by Crippen LogP contribution is 2.21. The Kier molecular flexibility index (Phi) is 4.74. The molecule has 0 aliphatic carbocycles. The molecule has 0 spiro atoms. The van der Waals surface area contributed by atoms with Crippen LogP contribution in [0.3, 0.4) is 0 Å². The van der Waals surface area contributed by atoms with Crippen LogP contribution in [-0.4, -0.2) is 55.4 Å². The highest BCUT2D eigenvalue weighted by molar-refractivity contribution is 5.76. The molecule has 0 N–H and O–H groups in total. The van der Waals surface area contributed by atoms with Crippen molar-refractivity contribution in [2.45, 2.75) is 44.7 Å². The predicted molar refractivity (Wildman–Crippen MR) is 63.0 cm³/mol. The SMILES string of the molecule is CC(=O)CC(CC1CCCN1C)N(C)C. The summed E-state index contributed by atoms with van der Waals surface area (Å²) in [6, 6.07) is 1.09. The third-order valence-corrected chi connectivity index (χ3v) is 3.47. The highest BCUT2D eigenvalue weighted by atomic mass is 16.1. The Labute approximate surface area is 93.4 Å². The number of hydrogen-bond acceptors (Lipinski definition) is 3. The quantitative estimate of drug-likeness (QED) is 0.688. The van der Waals surface area contributed by atoms with E-state index in [1.165, 1.54) is 19.4 Å². The minimum absolute atomic E-state index is 0.300. The lowest BCUT2D eigenvalue weighted by atomic mass is 10.00. The zero-order chi connectivity index (χ0) is 11.4. The van der Waals surface area contributed by atoms with Crippen LogP contribution in [0.1, 0.15) is 32.6 Å². The van der Waals surface area contributed by atoms with Crippen LogP contribution >= 0.6 is 0 Å². The van der Waals surface area contributed by atoms with Crippen LogP contribution in [0.25, 0.3) is 0 Å². The lowest BCUT2D eigenvalue weighted by molar-refractivity contribution is -0.118. The third-order valence-electron chi connectivity index (χ3n) is 3.47. The van der Waals surface area contributed by atoms with E-state index in [1.54, 1.807) is 6.92 Å². The summed E-state index contributed by atoms with van der Waals surface area (Å²) < 4.78 is 0. The fourth-order valence-corrected chi connectivity index (χ4v) is 2.40. The van der Waals surface area contributed by atoms with E-state index in [4.69, 9.17) is 0 Å². The first-order valence-electron chi connectivity index (χ1n) is 5.86. The molecule has 15 heavy (non-hydrogen) atoms. The normalized spacial score (nSPS) is 24.7. The molecule has 0 amide bonds. The average Bonchev–Trinajstić information content (AvgIpc) is 2.50. The molecule has 1 rings (SSSR count). The van der Waals surface area contributed by atoms with Crippen LogP contribution in [0, 0.1) is 0 Å². The summed E-state index contributed by atoms with van der Waals surface area (Å²) in [5.41, 5.74) is 0. The van der Waals surface area contributed by atoms with Crippen molar-refractivity contribution in [3.63, 3.8) is 0 Å². The number of carbonyl (C=O) groups excluding carboxylic acids is 1. The molecular formula is C12H24N2O. The van der Waals surface area contributed by atoms with Crippen molar-refractivity contribution in [1.82, 2.24) is 9.80 Å². The van der Waals surface area contributed by atoms with E-state index in [0.717, 1.165) is 6.42 Å². The van der Waals surface area contributed by atoms with Crippen LogP contribution in [0.5, 0.6) is 0 Å². The maximum Gasteiger partial charge on any atom is 0.131 e. The van der Waals surface area contributed by atoms with Gasteiger partial charge >= 0.3 is 0 Å². The molecule has 3 heteroatoms. The van der Waals surface area contributed by atoms with Crippen molar-refractivity contribution in [2.24, 2.45) is 0 Å². The molecule has 88 valence electrons. The zero-order valence-corrected chi connectivity index (χ0v) is 10.5. The first-order valence-corrected chi connectivity index (χ1v) is 5.86. The first-order chi connectivity index (χ1) is 7.00. The Morgan fingerprint density at radius 2 is 2.20 bits per heavy atom. The topological polar surface area (TPSA) is 23.6 Å². The van der Waals surface area contributed by atoms with Gasteiger partial charge in [0.15, 0.2) is 0 Å². The molecular weight excluding hydrogens is 188 g/mol. The standard InChI is InChI=1S/C12H24N2O/c1-10(15)8-12(13(2)3)9-11-6-5-7-14(11)4/h11-12H,5-9H2,1-4H3. The summed E-state index contributed by atoms with van der Waals surface area (Å²) in [4.78, 5) is 15.8. The summed E-state index contributed by atoms with van der Waals surface area (Å²) >= 11 is 0. The molecule has 0 bridgehead atoms. The fraction of sp³-hybridized carbons (Fsp3) is 0.917. The number of Topliss-reactive ketones (excluding diaryl/α,β-unsaturated/α-hetero) is 1. The van der Waals surface area contributed by atoms with Crippen molar-refractivity contribution >= 4 is 5.78 Å². The van der Waals surface area contributed by atoms with Crippen LogP contribution in [0.2, 0.25) is 0 Å². The minimum Gasteiger partial charge on any atom is -0.306 e. The summed E-state index contributed by atoms with van der Waals surface area (Å²) in [6.07, 6.45) is 4.42. The lowest BCUT2D eigenvalue weighted by Crippen LogP contribution is -2.37. The Hall–Kier alpha value is -0.410. The number of nitrogens with zero attached hydrogens (tertiary/aromatic N) is 2. The molecule has 0 radical (unpaired) electrons. The van der Waals surface area contributed by atoms with Gasteiger partial charge in [0.25, 0.3) is 0 Å². The van der Waals surface area contributed by atoms with Crippen molar-refractivity contribution in [3.05, 3.63) is 0 Å². The lowest BCUT2D eigenvalue weighted by Gasteiger charge is -2.29. The second-order valence-corrected chi connectivity index (χ2v) is 5.04. The minimum atomic E-state index is 0.300. The van der Waals surface area contributed by atoms with Crippen molar-refractivity contribution in [3.8, 4) is 0 Å². The van der Waals surface area contributed by atoms with E-state index in [9.17, 15) is 4.79 Å². The second kappa shape index (κ2) is 5.61. The predicted octanol–water partition coefficient (Wildman–Crippen LogP) is 1.38. The van der Waals surface area contributed by atoms with Crippen molar-refractivity contribution in [1.29, 1.82) is 0 Å². The summed E-state index contributed by atoms with van der Waals surface area (Å²) in [5, 5.41) is 0. The monoisotopic (exact) mass is 212 g/mol. The van der Waals surface area contributed by atoms with Gasteiger partial charge in [-0.25, -0.2) is 0 Å². The van der Waals surface area contributed by atoms with Gasteiger partial charge in [-0.2, -0.15) is 0 Å². The largest absolute Gasteiger partial charge is 0.306 e. The molecule has 0 saturated carbocycles. The number of likely N-dealkylation sites (tertiary alicyclic amines) is 1. The molecule has 0 aromatic rings. The molecule has 1 heterocycles. The van der Waals surface area contributed by atoms with E-state index in [2.05, 4.69) is 30.9 Å². The summed E-state index contributed by atoms with van der Waals surface area (Å²) in [7, 11) is 6.34. The Balaban J connectivity index is 2.46. The molecule has 1 aliphatic heterocycles. The van der Waals surface area contributed by atoms with Crippen LogP contribution < -0.4 is 0 Å². The van der Waals surface area contributed by atoms with Crippen molar-refractivity contribution in [2.75, 3.05) is 27.7 Å². The average molecular weight is 212 g/mol. The van der Waals surface area contributed by atoms with Crippen LogP contribution in [0.15, 0.2) is 0 Å². The first kappa shape index (κ1) is 12.7. The van der Waals surface area contributed by atoms with E-state index in [-0.39, 0.29) is 0 Å². The van der Waals surface area contributed by atoms with Crippen molar-refractivity contribution < 1.29 is 4.79 Å². The van der Waals surface area contributed by atoms with E-state index < -0.39 is 0 Å². The number of carbonyl (C=O) groups is 1. The molecule has 2 unspecified atom stereocenters. The van der Waals surface area contributed by atoms with Crippen LogP contribution in [-0.2, 0) is 4.79 Å². The molecule has 1 saturated heterocycles. The Morgan fingerprint density at radius 1 is 1.53 bits per heavy atom. The molecule has 2 atom stereocenters. The van der Waals surface area contributed by atoms with Gasteiger partial charge in [0.05, 0.1) is 0 Å². The van der Waals surface area contributed by atoms with E-state index in [1.807, 2.05) is 0 Å². The molecule has 1 fully saturated rings. The maximum atomic E-state index is 11.2. The van der Waals surface area contributed by atoms with Gasteiger partial charge in [-0.05, 0) is 53.9 Å². The smallest absolute Gasteiger partial charge is 0.131 e. The zero-order valence-electron chi connectivity index (χ0n) is 10.5. The van der Waals surface area contributed by atoms with Gasteiger partial charge in [-0.15, -0.1) is 0 Å². The third kappa shape index (κ3) is 3.92. The van der Waals surface area contributed by atoms with Gasteiger partial charge in [0.1, 0.15) is 5.78 Å². The molecule has 0 aromatic heterocycles. The van der Waals surface area contributed by atoms with Gasteiger partial charge in [0.2, 0.25) is 0 Å².